The molecule has 0 unspecified atom stereocenters. The van der Waals surface area contributed by atoms with Gasteiger partial charge in [-0.1, -0.05) is 12.1 Å². The fourth-order valence-corrected chi connectivity index (χ4v) is 1.86. The molecule has 0 spiro atoms. The Labute approximate surface area is 127 Å². The Morgan fingerprint density at radius 3 is 2.18 bits per heavy atom. The Morgan fingerprint density at radius 2 is 1.68 bits per heavy atom. The van der Waals surface area contributed by atoms with Gasteiger partial charge in [-0.3, -0.25) is 9.59 Å². The normalized spacial score (nSPS) is 11.0. The van der Waals surface area contributed by atoms with Gasteiger partial charge in [0.25, 0.3) is 0 Å². The van der Waals surface area contributed by atoms with E-state index < -0.39 is 0 Å². The number of aromatic hydroxyl groups is 1. The first-order valence-corrected chi connectivity index (χ1v) is 6.71. The molecule has 7 nitrogen and oxygen atoms in total. The van der Waals surface area contributed by atoms with Crippen molar-refractivity contribution in [3.8, 4) is 5.75 Å². The van der Waals surface area contributed by atoms with E-state index in [1.165, 1.54) is 24.7 Å². The van der Waals surface area contributed by atoms with Crippen LogP contribution in [0, 0.1) is 0 Å². The molecule has 1 aromatic carbocycles. The van der Waals surface area contributed by atoms with Crippen LogP contribution in [0.3, 0.4) is 0 Å². The highest BCUT2D eigenvalue weighted by atomic mass is 16.3. The van der Waals surface area contributed by atoms with Crippen LogP contribution in [0.15, 0.2) is 29.4 Å². The molecule has 0 amide bonds. The van der Waals surface area contributed by atoms with Crippen molar-refractivity contribution in [2.24, 2.45) is 5.10 Å². The van der Waals surface area contributed by atoms with Crippen LogP contribution in [-0.4, -0.2) is 37.8 Å². The molecule has 0 saturated heterocycles. The predicted octanol–water partition coefficient (Wildman–Crippen LogP) is 1.13. The second kappa shape index (κ2) is 6.75. The number of ketones is 2. The SMILES string of the molecule is CC(=O)Cc1nnc(CC(C)=O)n1/N=C/c1ccccc1O. The van der Waals surface area contributed by atoms with Crippen molar-refractivity contribution >= 4 is 17.8 Å². The van der Waals surface area contributed by atoms with Crippen molar-refractivity contribution in [3.63, 3.8) is 0 Å². The number of rotatable bonds is 6. The molecule has 22 heavy (non-hydrogen) atoms. The summed E-state index contributed by atoms with van der Waals surface area (Å²) >= 11 is 0. The number of carbonyl (C=O) groups excluding carboxylic acids is 2. The van der Waals surface area contributed by atoms with Crippen molar-refractivity contribution in [2.75, 3.05) is 0 Å². The van der Waals surface area contributed by atoms with Crippen LogP contribution in [0.2, 0.25) is 0 Å². The van der Waals surface area contributed by atoms with Gasteiger partial charge >= 0.3 is 0 Å². The minimum absolute atomic E-state index is 0.0724. The van der Waals surface area contributed by atoms with Gasteiger partial charge in [-0.15, -0.1) is 10.2 Å². The van der Waals surface area contributed by atoms with Crippen LogP contribution in [0.25, 0.3) is 0 Å². The van der Waals surface area contributed by atoms with E-state index in [4.69, 9.17) is 0 Å². The van der Waals surface area contributed by atoms with Crippen LogP contribution in [0.4, 0.5) is 0 Å². The Morgan fingerprint density at radius 1 is 1.14 bits per heavy atom. The maximum absolute atomic E-state index is 11.3. The molecule has 2 rings (SSSR count). The number of hydrogen-bond donors (Lipinski definition) is 1. The lowest BCUT2D eigenvalue weighted by molar-refractivity contribution is -0.117. The maximum Gasteiger partial charge on any atom is 0.161 e. The average Bonchev–Trinajstić information content (AvgIpc) is 2.79. The van der Waals surface area contributed by atoms with E-state index in [-0.39, 0.29) is 30.2 Å². The summed E-state index contributed by atoms with van der Waals surface area (Å²) in [5, 5.41) is 21.7. The number of nitrogens with zero attached hydrogens (tertiary/aromatic N) is 4. The smallest absolute Gasteiger partial charge is 0.161 e. The van der Waals surface area contributed by atoms with E-state index in [1.54, 1.807) is 24.3 Å². The predicted molar refractivity (Wildman–Crippen MR) is 79.9 cm³/mol. The molecule has 1 aromatic heterocycles. The first kappa shape index (κ1) is 15.6. The van der Waals surface area contributed by atoms with E-state index >= 15 is 0 Å². The van der Waals surface area contributed by atoms with E-state index in [1.807, 2.05) is 0 Å². The molecule has 0 aliphatic rings. The Kier molecular flexibility index (Phi) is 4.77. The van der Waals surface area contributed by atoms with Gasteiger partial charge in [-0.25, -0.2) is 4.68 Å². The van der Waals surface area contributed by atoms with Crippen LogP contribution in [0.5, 0.6) is 5.75 Å². The lowest BCUT2D eigenvalue weighted by Crippen LogP contribution is -2.09. The zero-order valence-electron chi connectivity index (χ0n) is 12.4. The number of hydrogen-bond acceptors (Lipinski definition) is 6. The van der Waals surface area contributed by atoms with Gasteiger partial charge in [0.1, 0.15) is 17.3 Å². The molecule has 0 saturated carbocycles. The van der Waals surface area contributed by atoms with Crippen molar-refractivity contribution < 1.29 is 14.7 Å². The molecule has 0 aliphatic carbocycles. The molecule has 0 bridgehead atoms. The van der Waals surface area contributed by atoms with E-state index in [0.29, 0.717) is 17.2 Å². The molecule has 1 N–H and O–H groups in total. The Balaban J connectivity index is 2.38. The number of phenols is 1. The fraction of sp³-hybridized carbons (Fsp3) is 0.267. The molecular formula is C15H16N4O3. The summed E-state index contributed by atoms with van der Waals surface area (Å²) in [6.07, 6.45) is 1.58. The zero-order valence-corrected chi connectivity index (χ0v) is 12.4. The number of benzene rings is 1. The first-order chi connectivity index (χ1) is 10.5. The third-order valence-electron chi connectivity index (χ3n) is 2.83. The van der Waals surface area contributed by atoms with Crippen LogP contribution in [-0.2, 0) is 22.4 Å². The Hall–Kier alpha value is -2.83. The van der Waals surface area contributed by atoms with Gasteiger partial charge in [0.15, 0.2) is 11.6 Å². The van der Waals surface area contributed by atoms with Crippen molar-refractivity contribution in [3.05, 3.63) is 41.5 Å². The van der Waals surface area contributed by atoms with Crippen LogP contribution in [0.1, 0.15) is 31.1 Å². The van der Waals surface area contributed by atoms with Gasteiger partial charge in [0, 0.05) is 5.56 Å². The van der Waals surface area contributed by atoms with Gasteiger partial charge < -0.3 is 5.11 Å². The second-order valence-corrected chi connectivity index (χ2v) is 4.91. The van der Waals surface area contributed by atoms with Crippen molar-refractivity contribution in [1.29, 1.82) is 0 Å². The summed E-state index contributed by atoms with van der Waals surface area (Å²) in [6, 6.07) is 6.70. The molecule has 1 heterocycles. The number of aromatic nitrogens is 3. The standard InChI is InChI=1S/C15H16N4O3/c1-10(20)7-14-17-18-15(8-11(2)21)19(14)16-9-12-5-3-4-6-13(12)22/h3-6,9,22H,7-8H2,1-2H3/b16-9+. The average molecular weight is 300 g/mol. The molecular weight excluding hydrogens is 284 g/mol. The van der Waals surface area contributed by atoms with Crippen molar-refractivity contribution in [2.45, 2.75) is 26.7 Å². The number of Topliss-reactive ketones (excluding diaryl/α,β-unsaturated/α-hetero) is 2. The molecule has 0 radical (unpaired) electrons. The third-order valence-corrected chi connectivity index (χ3v) is 2.83. The molecule has 7 heteroatoms. The van der Waals surface area contributed by atoms with E-state index in [2.05, 4.69) is 15.3 Å². The lowest BCUT2D eigenvalue weighted by Gasteiger charge is -2.03. The highest BCUT2D eigenvalue weighted by Gasteiger charge is 2.14. The van der Waals surface area contributed by atoms with Gasteiger partial charge in [-0.05, 0) is 26.0 Å². The highest BCUT2D eigenvalue weighted by Crippen LogP contribution is 2.13. The number of para-hydroxylation sites is 1. The number of carbonyl (C=O) groups is 2. The topological polar surface area (TPSA) is 97.4 Å². The summed E-state index contributed by atoms with van der Waals surface area (Å²) in [7, 11) is 0. The van der Waals surface area contributed by atoms with Gasteiger partial charge in [-0.2, -0.15) is 5.10 Å². The molecule has 114 valence electrons. The van der Waals surface area contributed by atoms with Gasteiger partial charge in [0.2, 0.25) is 0 Å². The molecule has 0 aliphatic heterocycles. The minimum atomic E-state index is -0.0826. The summed E-state index contributed by atoms with van der Waals surface area (Å²) in [5.74, 6) is 0.632. The number of phenolic OH excluding ortho intramolecular Hbond substituents is 1. The third kappa shape index (κ3) is 3.85. The quantitative estimate of drug-likeness (QED) is 0.806. The largest absolute Gasteiger partial charge is 0.507 e. The monoisotopic (exact) mass is 300 g/mol. The second-order valence-electron chi connectivity index (χ2n) is 4.91. The first-order valence-electron chi connectivity index (χ1n) is 6.71. The highest BCUT2D eigenvalue weighted by molar-refractivity contribution is 5.83. The molecule has 0 atom stereocenters. The Bertz CT molecular complexity index is 701. The summed E-state index contributed by atoms with van der Waals surface area (Å²) in [5.41, 5.74) is 0.513. The summed E-state index contributed by atoms with van der Waals surface area (Å²) in [4.78, 5) is 22.6. The summed E-state index contributed by atoms with van der Waals surface area (Å²) < 4.78 is 1.37. The lowest BCUT2D eigenvalue weighted by atomic mass is 10.2. The van der Waals surface area contributed by atoms with Crippen LogP contribution >= 0.6 is 0 Å². The maximum atomic E-state index is 11.3. The van der Waals surface area contributed by atoms with E-state index in [9.17, 15) is 14.7 Å². The fourth-order valence-electron chi connectivity index (χ4n) is 1.86. The van der Waals surface area contributed by atoms with Gasteiger partial charge in [0.05, 0.1) is 19.1 Å². The van der Waals surface area contributed by atoms with Crippen LogP contribution < -0.4 is 0 Å². The minimum Gasteiger partial charge on any atom is -0.507 e. The van der Waals surface area contributed by atoms with Crippen molar-refractivity contribution in [1.82, 2.24) is 14.9 Å². The molecule has 2 aromatic rings. The van der Waals surface area contributed by atoms with E-state index in [0.717, 1.165) is 0 Å². The molecule has 0 fully saturated rings. The summed E-state index contributed by atoms with van der Waals surface area (Å²) in [6.45, 7) is 2.88. The zero-order chi connectivity index (χ0) is 16.1.